The fraction of sp³-hybridized carbons (Fsp3) is 0.652. The minimum Gasteiger partial charge on any atom is -0.344 e. The Morgan fingerprint density at radius 3 is 2.41 bits per heavy atom. The summed E-state index contributed by atoms with van der Waals surface area (Å²) in [7, 11) is 0. The van der Waals surface area contributed by atoms with Crippen LogP contribution in [0.3, 0.4) is 0 Å². The van der Waals surface area contributed by atoms with E-state index in [0.717, 1.165) is 31.2 Å². The van der Waals surface area contributed by atoms with Crippen LogP contribution in [0.5, 0.6) is 0 Å². The molecular formula is C23H32ClFN2O2. The van der Waals surface area contributed by atoms with Crippen molar-refractivity contribution in [2.24, 2.45) is 11.8 Å². The first-order valence-corrected chi connectivity index (χ1v) is 11.3. The molecule has 1 aromatic rings. The lowest BCUT2D eigenvalue weighted by Crippen LogP contribution is -2.53. The molecule has 1 saturated carbocycles. The number of carbonyl (C=O) groups excluding carboxylic acids is 2. The highest BCUT2D eigenvalue weighted by molar-refractivity contribution is 6.30. The zero-order valence-electron chi connectivity index (χ0n) is 17.4. The fourth-order valence-electron chi connectivity index (χ4n) is 4.62. The zero-order chi connectivity index (χ0) is 21.0. The van der Waals surface area contributed by atoms with Crippen LogP contribution in [0.25, 0.3) is 0 Å². The van der Waals surface area contributed by atoms with Crippen LogP contribution in [0.15, 0.2) is 18.2 Å². The third-order valence-corrected chi connectivity index (χ3v) is 6.73. The number of halogens is 2. The van der Waals surface area contributed by atoms with E-state index >= 15 is 0 Å². The van der Waals surface area contributed by atoms with Crippen LogP contribution >= 0.6 is 11.6 Å². The Hall–Kier alpha value is -1.62. The Balaban J connectivity index is 1.55. The first kappa shape index (κ1) is 22.1. The van der Waals surface area contributed by atoms with Gasteiger partial charge in [0.15, 0.2) is 0 Å². The predicted molar refractivity (Wildman–Crippen MR) is 113 cm³/mol. The minimum atomic E-state index is -0.478. The molecule has 2 amide bonds. The topological polar surface area (TPSA) is 49.4 Å². The first-order chi connectivity index (χ1) is 13.8. The van der Waals surface area contributed by atoms with Crippen LogP contribution in [0.4, 0.5) is 4.39 Å². The van der Waals surface area contributed by atoms with Gasteiger partial charge >= 0.3 is 0 Å². The zero-order valence-corrected chi connectivity index (χ0v) is 18.2. The number of hydrogen-bond donors (Lipinski definition) is 1. The van der Waals surface area contributed by atoms with Crippen LogP contribution in [-0.4, -0.2) is 35.8 Å². The molecule has 1 saturated heterocycles. The molecule has 0 bridgehead atoms. The number of amides is 2. The van der Waals surface area contributed by atoms with E-state index in [1.165, 1.54) is 18.9 Å². The van der Waals surface area contributed by atoms with E-state index in [1.807, 2.05) is 24.8 Å². The molecule has 29 heavy (non-hydrogen) atoms. The Morgan fingerprint density at radius 1 is 1.17 bits per heavy atom. The maximum atomic E-state index is 13.8. The summed E-state index contributed by atoms with van der Waals surface area (Å²) in [6.45, 7) is 5.19. The van der Waals surface area contributed by atoms with Gasteiger partial charge in [0.1, 0.15) is 11.9 Å². The van der Waals surface area contributed by atoms with Crippen molar-refractivity contribution < 1.29 is 14.0 Å². The van der Waals surface area contributed by atoms with Gasteiger partial charge < -0.3 is 10.2 Å². The molecule has 1 aromatic carbocycles. The fourth-order valence-corrected chi connectivity index (χ4v) is 4.74. The number of piperidine rings is 1. The average Bonchev–Trinajstić information content (AvgIpc) is 3.20. The van der Waals surface area contributed by atoms with E-state index < -0.39 is 11.9 Å². The molecule has 0 aromatic heterocycles. The van der Waals surface area contributed by atoms with Gasteiger partial charge in [0.25, 0.3) is 0 Å². The van der Waals surface area contributed by atoms with Gasteiger partial charge in [0.2, 0.25) is 11.8 Å². The van der Waals surface area contributed by atoms with E-state index in [0.29, 0.717) is 25.4 Å². The lowest BCUT2D eigenvalue weighted by atomic mass is 9.88. The molecule has 0 radical (unpaired) electrons. The molecule has 1 N–H and O–H groups in total. The quantitative estimate of drug-likeness (QED) is 0.708. The van der Waals surface area contributed by atoms with E-state index in [2.05, 4.69) is 5.32 Å². The summed E-state index contributed by atoms with van der Waals surface area (Å²) in [5.41, 5.74) is 0.935. The second-order valence-corrected chi connectivity index (χ2v) is 9.32. The van der Waals surface area contributed by atoms with Crippen LogP contribution < -0.4 is 5.32 Å². The highest BCUT2D eigenvalue weighted by atomic mass is 35.5. The number of carbonyl (C=O) groups is 2. The SMILES string of the molecule is CC(C)[C@@H](NC(=O)CC1CCCC1)C(=O)N1CCC(c2ccc(Cl)c(F)c2)CC1. The van der Waals surface area contributed by atoms with E-state index in [-0.39, 0.29) is 28.7 Å². The van der Waals surface area contributed by atoms with Crippen molar-refractivity contribution in [3.63, 3.8) is 0 Å². The summed E-state index contributed by atoms with van der Waals surface area (Å²) in [5.74, 6) is 0.329. The van der Waals surface area contributed by atoms with Crippen molar-refractivity contribution in [1.82, 2.24) is 10.2 Å². The van der Waals surface area contributed by atoms with Crippen molar-refractivity contribution in [2.45, 2.75) is 70.8 Å². The van der Waals surface area contributed by atoms with E-state index in [4.69, 9.17) is 11.6 Å². The number of likely N-dealkylation sites (tertiary alicyclic amines) is 1. The largest absolute Gasteiger partial charge is 0.344 e. The van der Waals surface area contributed by atoms with Gasteiger partial charge in [-0.2, -0.15) is 0 Å². The summed E-state index contributed by atoms with van der Waals surface area (Å²) in [6, 6.07) is 4.49. The summed E-state index contributed by atoms with van der Waals surface area (Å²) < 4.78 is 13.8. The summed E-state index contributed by atoms with van der Waals surface area (Å²) >= 11 is 5.78. The average molecular weight is 423 g/mol. The lowest BCUT2D eigenvalue weighted by Gasteiger charge is -2.35. The van der Waals surface area contributed by atoms with Gasteiger partial charge in [0, 0.05) is 19.5 Å². The third-order valence-electron chi connectivity index (χ3n) is 6.42. The van der Waals surface area contributed by atoms with E-state index in [9.17, 15) is 14.0 Å². The van der Waals surface area contributed by atoms with E-state index in [1.54, 1.807) is 6.07 Å². The van der Waals surface area contributed by atoms with Gasteiger partial charge in [-0.05, 0) is 61.1 Å². The number of rotatable bonds is 6. The van der Waals surface area contributed by atoms with Crippen LogP contribution in [0.1, 0.15) is 70.3 Å². The molecule has 160 valence electrons. The molecule has 1 atom stereocenters. The van der Waals surface area contributed by atoms with Gasteiger partial charge in [-0.15, -0.1) is 0 Å². The second-order valence-electron chi connectivity index (χ2n) is 8.92. The smallest absolute Gasteiger partial charge is 0.245 e. The summed E-state index contributed by atoms with van der Waals surface area (Å²) in [6.07, 6.45) is 6.74. The number of benzene rings is 1. The molecule has 1 aliphatic heterocycles. The van der Waals surface area contributed by atoms with Crippen molar-refractivity contribution >= 4 is 23.4 Å². The molecule has 6 heteroatoms. The molecule has 0 unspecified atom stereocenters. The number of nitrogens with zero attached hydrogens (tertiary/aromatic N) is 1. The van der Waals surface area contributed by atoms with Crippen LogP contribution in [0, 0.1) is 17.7 Å². The third kappa shape index (κ3) is 5.71. The van der Waals surface area contributed by atoms with Crippen LogP contribution in [-0.2, 0) is 9.59 Å². The maximum absolute atomic E-state index is 13.8. The summed E-state index contributed by atoms with van der Waals surface area (Å²) in [5, 5.41) is 3.14. The maximum Gasteiger partial charge on any atom is 0.245 e. The molecule has 1 heterocycles. The second kappa shape index (κ2) is 9.92. The van der Waals surface area contributed by atoms with Gasteiger partial charge in [-0.1, -0.05) is 44.4 Å². The van der Waals surface area contributed by atoms with Crippen molar-refractivity contribution in [1.29, 1.82) is 0 Å². The van der Waals surface area contributed by atoms with Crippen molar-refractivity contribution in [2.75, 3.05) is 13.1 Å². The molecule has 0 spiro atoms. The first-order valence-electron chi connectivity index (χ1n) is 10.9. The highest BCUT2D eigenvalue weighted by Crippen LogP contribution is 2.31. The van der Waals surface area contributed by atoms with Gasteiger partial charge in [0.05, 0.1) is 5.02 Å². The molecular weight excluding hydrogens is 391 g/mol. The minimum absolute atomic E-state index is 0.000471. The highest BCUT2D eigenvalue weighted by Gasteiger charge is 2.32. The number of nitrogens with one attached hydrogen (secondary N) is 1. The van der Waals surface area contributed by atoms with Crippen LogP contribution in [0.2, 0.25) is 5.02 Å². The Morgan fingerprint density at radius 2 is 1.83 bits per heavy atom. The standard InChI is InChI=1S/C23H32ClFN2O2/c1-15(2)22(26-21(28)13-16-5-3-4-6-16)23(29)27-11-9-17(10-12-27)18-7-8-19(24)20(25)14-18/h7-8,14-17,22H,3-6,9-13H2,1-2H3,(H,26,28)/t22-/m1/s1. The Bertz CT molecular complexity index is 726. The molecule has 2 fully saturated rings. The molecule has 3 rings (SSSR count). The van der Waals surface area contributed by atoms with Crippen molar-refractivity contribution in [3.05, 3.63) is 34.6 Å². The predicted octanol–water partition coefficient (Wildman–Crippen LogP) is 4.91. The molecule has 1 aliphatic carbocycles. The number of hydrogen-bond acceptors (Lipinski definition) is 2. The monoisotopic (exact) mass is 422 g/mol. The Kier molecular flexibility index (Phi) is 7.55. The van der Waals surface area contributed by atoms with Gasteiger partial charge in [-0.25, -0.2) is 4.39 Å². The van der Waals surface area contributed by atoms with Gasteiger partial charge in [-0.3, -0.25) is 9.59 Å². The lowest BCUT2D eigenvalue weighted by molar-refractivity contribution is -0.138. The normalized spacial score (nSPS) is 19.6. The Labute approximate surface area is 178 Å². The summed E-state index contributed by atoms with van der Waals surface area (Å²) in [4.78, 5) is 27.4. The molecule has 4 nitrogen and oxygen atoms in total. The van der Waals surface area contributed by atoms with Crippen molar-refractivity contribution in [3.8, 4) is 0 Å². The molecule has 2 aliphatic rings.